The van der Waals surface area contributed by atoms with Crippen molar-refractivity contribution in [1.29, 1.82) is 0 Å². The Bertz CT molecular complexity index is 534. The summed E-state index contributed by atoms with van der Waals surface area (Å²) in [5.74, 6) is -0.234. The molecule has 2 aromatic rings. The third-order valence-corrected chi connectivity index (χ3v) is 3.53. The van der Waals surface area contributed by atoms with Crippen LogP contribution in [0.15, 0.2) is 24.5 Å². The molecule has 0 bridgehead atoms. The fraction of sp³-hybridized carbons (Fsp3) is 0.462. The number of benzene rings is 1. The van der Waals surface area contributed by atoms with E-state index in [2.05, 4.69) is 20.8 Å². The monoisotopic (exact) mass is 261 g/mol. The lowest BCUT2D eigenvalue weighted by atomic mass is 9.95. The zero-order valence-corrected chi connectivity index (χ0v) is 10.6. The van der Waals surface area contributed by atoms with Gasteiger partial charge in [-0.25, -0.2) is 9.07 Å². The molecule has 0 saturated heterocycles. The lowest BCUT2D eigenvalue weighted by Crippen LogP contribution is -2.22. The highest BCUT2D eigenvalue weighted by Gasteiger charge is 2.15. The van der Waals surface area contributed by atoms with E-state index in [1.165, 1.54) is 36.3 Å². The predicted molar refractivity (Wildman–Crippen MR) is 69.6 cm³/mol. The van der Waals surface area contributed by atoms with Gasteiger partial charge in [0.1, 0.15) is 12.1 Å². The molecule has 0 amide bonds. The Morgan fingerprint density at radius 3 is 2.79 bits per heavy atom. The standard InChI is InChI=1S/C13H16FN5/c14-12-7-6-11(19-9-15-17-18-19)8-13(12)16-10-4-2-1-3-5-10/h6-10,16H,1-5H2. The highest BCUT2D eigenvalue weighted by atomic mass is 19.1. The molecular weight excluding hydrogens is 245 g/mol. The smallest absolute Gasteiger partial charge is 0.146 e. The predicted octanol–water partition coefficient (Wildman–Crippen LogP) is 2.55. The molecule has 0 aliphatic heterocycles. The summed E-state index contributed by atoms with van der Waals surface area (Å²) in [6, 6.07) is 5.23. The average Bonchev–Trinajstić information content (AvgIpc) is 2.96. The minimum absolute atomic E-state index is 0.234. The zero-order chi connectivity index (χ0) is 13.1. The van der Waals surface area contributed by atoms with Gasteiger partial charge in [-0.15, -0.1) is 5.10 Å². The first-order valence-electron chi connectivity index (χ1n) is 6.62. The second kappa shape index (κ2) is 5.34. The Balaban J connectivity index is 1.81. The number of hydrogen-bond acceptors (Lipinski definition) is 4. The highest BCUT2D eigenvalue weighted by Crippen LogP contribution is 2.24. The number of nitrogens with one attached hydrogen (secondary N) is 1. The molecule has 6 heteroatoms. The van der Waals surface area contributed by atoms with Crippen LogP contribution in [0.5, 0.6) is 0 Å². The molecule has 1 aliphatic rings. The number of halogens is 1. The van der Waals surface area contributed by atoms with Crippen LogP contribution in [0.4, 0.5) is 10.1 Å². The van der Waals surface area contributed by atoms with Crippen molar-refractivity contribution < 1.29 is 4.39 Å². The number of hydrogen-bond donors (Lipinski definition) is 1. The molecule has 100 valence electrons. The van der Waals surface area contributed by atoms with Crippen molar-refractivity contribution in [3.63, 3.8) is 0 Å². The molecule has 0 atom stereocenters. The number of aromatic nitrogens is 4. The van der Waals surface area contributed by atoms with Crippen LogP contribution in [0.1, 0.15) is 32.1 Å². The average molecular weight is 261 g/mol. The molecule has 1 saturated carbocycles. The molecular formula is C13H16FN5. The van der Waals surface area contributed by atoms with Gasteiger partial charge in [-0.05, 0) is 41.5 Å². The summed E-state index contributed by atoms with van der Waals surface area (Å²) in [6.45, 7) is 0. The minimum Gasteiger partial charge on any atom is -0.380 e. The van der Waals surface area contributed by atoms with E-state index in [4.69, 9.17) is 0 Å². The van der Waals surface area contributed by atoms with Crippen LogP contribution in [0, 0.1) is 5.82 Å². The molecule has 0 unspecified atom stereocenters. The van der Waals surface area contributed by atoms with Crippen molar-refractivity contribution in [3.05, 3.63) is 30.3 Å². The second-order valence-corrected chi connectivity index (χ2v) is 4.90. The quantitative estimate of drug-likeness (QED) is 0.922. The number of tetrazole rings is 1. The molecule has 0 radical (unpaired) electrons. The third kappa shape index (κ3) is 2.72. The molecule has 3 rings (SSSR count). The number of anilines is 1. The lowest BCUT2D eigenvalue weighted by molar-refractivity contribution is 0.460. The molecule has 1 N–H and O–H groups in total. The van der Waals surface area contributed by atoms with E-state index < -0.39 is 0 Å². The molecule has 1 aromatic carbocycles. The second-order valence-electron chi connectivity index (χ2n) is 4.90. The van der Waals surface area contributed by atoms with Crippen molar-refractivity contribution in [2.45, 2.75) is 38.1 Å². The Hall–Kier alpha value is -1.98. The van der Waals surface area contributed by atoms with Crippen LogP contribution in [0.3, 0.4) is 0 Å². The van der Waals surface area contributed by atoms with Gasteiger partial charge in [-0.2, -0.15) is 0 Å². The highest BCUT2D eigenvalue weighted by molar-refractivity contribution is 5.52. The van der Waals surface area contributed by atoms with Crippen LogP contribution in [0.25, 0.3) is 5.69 Å². The van der Waals surface area contributed by atoms with Crippen molar-refractivity contribution in [2.75, 3.05) is 5.32 Å². The molecule has 1 heterocycles. The lowest BCUT2D eigenvalue weighted by Gasteiger charge is -2.24. The normalized spacial score (nSPS) is 16.5. The summed E-state index contributed by atoms with van der Waals surface area (Å²) in [5, 5.41) is 14.3. The van der Waals surface area contributed by atoms with Gasteiger partial charge in [0.15, 0.2) is 0 Å². The summed E-state index contributed by atoms with van der Waals surface area (Å²) >= 11 is 0. The minimum atomic E-state index is -0.234. The van der Waals surface area contributed by atoms with E-state index >= 15 is 0 Å². The first-order valence-corrected chi connectivity index (χ1v) is 6.62. The Labute approximate surface area is 110 Å². The fourth-order valence-corrected chi connectivity index (χ4v) is 2.51. The number of nitrogens with zero attached hydrogens (tertiary/aromatic N) is 4. The summed E-state index contributed by atoms with van der Waals surface area (Å²) in [5.41, 5.74) is 1.28. The number of rotatable bonds is 3. The van der Waals surface area contributed by atoms with E-state index in [0.29, 0.717) is 11.7 Å². The molecule has 19 heavy (non-hydrogen) atoms. The fourth-order valence-electron chi connectivity index (χ4n) is 2.51. The maximum Gasteiger partial charge on any atom is 0.146 e. The van der Waals surface area contributed by atoms with Gasteiger partial charge in [0.2, 0.25) is 0 Å². The van der Waals surface area contributed by atoms with Crippen LogP contribution >= 0.6 is 0 Å². The van der Waals surface area contributed by atoms with Crippen molar-refractivity contribution in [2.24, 2.45) is 0 Å². The van der Waals surface area contributed by atoms with Gasteiger partial charge < -0.3 is 5.32 Å². The maximum absolute atomic E-state index is 13.8. The van der Waals surface area contributed by atoms with Crippen LogP contribution < -0.4 is 5.32 Å². The van der Waals surface area contributed by atoms with Gasteiger partial charge in [0.25, 0.3) is 0 Å². The molecule has 1 fully saturated rings. The van der Waals surface area contributed by atoms with E-state index in [0.717, 1.165) is 18.5 Å². The molecule has 1 aromatic heterocycles. The van der Waals surface area contributed by atoms with E-state index in [-0.39, 0.29) is 5.82 Å². The summed E-state index contributed by atoms with van der Waals surface area (Å²) < 4.78 is 15.4. The first kappa shape index (κ1) is 12.1. The maximum atomic E-state index is 13.8. The van der Waals surface area contributed by atoms with Gasteiger partial charge in [0, 0.05) is 6.04 Å². The van der Waals surface area contributed by atoms with E-state index in [9.17, 15) is 4.39 Å². The largest absolute Gasteiger partial charge is 0.380 e. The van der Waals surface area contributed by atoms with E-state index in [1.54, 1.807) is 12.1 Å². The van der Waals surface area contributed by atoms with Gasteiger partial charge >= 0.3 is 0 Å². The van der Waals surface area contributed by atoms with E-state index in [1.807, 2.05) is 0 Å². The topological polar surface area (TPSA) is 55.6 Å². The molecule has 1 aliphatic carbocycles. The Morgan fingerprint density at radius 1 is 1.21 bits per heavy atom. The Kier molecular flexibility index (Phi) is 3.39. The van der Waals surface area contributed by atoms with Crippen LogP contribution in [-0.4, -0.2) is 26.2 Å². The van der Waals surface area contributed by atoms with Crippen molar-refractivity contribution in [1.82, 2.24) is 20.2 Å². The summed E-state index contributed by atoms with van der Waals surface area (Å²) in [4.78, 5) is 0. The first-order chi connectivity index (χ1) is 9.33. The summed E-state index contributed by atoms with van der Waals surface area (Å²) in [7, 11) is 0. The Morgan fingerprint density at radius 2 is 2.05 bits per heavy atom. The van der Waals surface area contributed by atoms with Crippen LogP contribution in [0.2, 0.25) is 0 Å². The van der Waals surface area contributed by atoms with Gasteiger partial charge in [-0.3, -0.25) is 0 Å². The SMILES string of the molecule is Fc1ccc(-n2cnnn2)cc1NC1CCCCC1. The molecule has 0 spiro atoms. The third-order valence-electron chi connectivity index (χ3n) is 3.53. The van der Waals surface area contributed by atoms with Gasteiger partial charge in [0.05, 0.1) is 11.4 Å². The zero-order valence-electron chi connectivity index (χ0n) is 10.6. The molecule has 5 nitrogen and oxygen atoms in total. The van der Waals surface area contributed by atoms with Crippen molar-refractivity contribution >= 4 is 5.69 Å². The summed E-state index contributed by atoms with van der Waals surface area (Å²) in [6.07, 6.45) is 7.42. The van der Waals surface area contributed by atoms with Crippen molar-refractivity contribution in [3.8, 4) is 5.69 Å². The van der Waals surface area contributed by atoms with Gasteiger partial charge in [-0.1, -0.05) is 19.3 Å². The van der Waals surface area contributed by atoms with Crippen LogP contribution in [-0.2, 0) is 0 Å².